The highest BCUT2D eigenvalue weighted by Gasteiger charge is 2.22. The van der Waals surface area contributed by atoms with E-state index in [4.69, 9.17) is 0 Å². The third-order valence-corrected chi connectivity index (χ3v) is 5.01. The van der Waals surface area contributed by atoms with E-state index in [0.29, 0.717) is 5.92 Å². The fourth-order valence-electron chi connectivity index (χ4n) is 2.99. The van der Waals surface area contributed by atoms with E-state index >= 15 is 0 Å². The molecule has 6 heteroatoms. The number of hydrogen-bond acceptors (Lipinski definition) is 4. The van der Waals surface area contributed by atoms with Gasteiger partial charge in [0.1, 0.15) is 0 Å². The van der Waals surface area contributed by atoms with Gasteiger partial charge < -0.3 is 10.2 Å². The molecule has 0 aromatic heterocycles. The van der Waals surface area contributed by atoms with E-state index in [1.807, 2.05) is 42.5 Å². The molecule has 2 rings (SSSR count). The molecule has 0 bridgehead atoms. The van der Waals surface area contributed by atoms with Gasteiger partial charge in [0, 0.05) is 18.0 Å². The smallest absolute Gasteiger partial charge is 0.238 e. The number of likely N-dealkylation sites (tertiary alicyclic amines) is 1. The molecule has 2 amide bonds. The molecule has 5 nitrogen and oxygen atoms in total. The Morgan fingerprint density at radius 1 is 1.33 bits per heavy atom. The second kappa shape index (κ2) is 9.08. The molecule has 1 N–H and O–H groups in total. The largest absolute Gasteiger partial charge is 0.341 e. The molecule has 0 aliphatic carbocycles. The van der Waals surface area contributed by atoms with Crippen LogP contribution in [0.1, 0.15) is 19.8 Å². The summed E-state index contributed by atoms with van der Waals surface area (Å²) in [6, 6.07) is 7.72. The quantitative estimate of drug-likeness (QED) is 0.802. The van der Waals surface area contributed by atoms with Crippen molar-refractivity contribution in [1.82, 2.24) is 9.80 Å². The van der Waals surface area contributed by atoms with Gasteiger partial charge >= 0.3 is 0 Å². The zero-order chi connectivity index (χ0) is 17.5. The van der Waals surface area contributed by atoms with E-state index in [2.05, 4.69) is 12.2 Å². The molecule has 1 aromatic rings. The van der Waals surface area contributed by atoms with E-state index in [9.17, 15) is 9.59 Å². The summed E-state index contributed by atoms with van der Waals surface area (Å²) in [5, 5.41) is 2.93. The maximum atomic E-state index is 12.3. The third kappa shape index (κ3) is 5.53. The number of nitrogens with one attached hydrogen (secondary N) is 1. The monoisotopic (exact) mass is 349 g/mol. The average Bonchev–Trinajstić information content (AvgIpc) is 2.55. The molecule has 1 heterocycles. The molecule has 132 valence electrons. The maximum Gasteiger partial charge on any atom is 0.238 e. The molecular weight excluding hydrogens is 322 g/mol. The van der Waals surface area contributed by atoms with Crippen LogP contribution in [0.4, 0.5) is 5.69 Å². The number of rotatable bonds is 6. The average molecular weight is 350 g/mol. The van der Waals surface area contributed by atoms with Crippen molar-refractivity contribution in [2.45, 2.75) is 24.7 Å². The van der Waals surface area contributed by atoms with Crippen LogP contribution in [0.2, 0.25) is 0 Å². The van der Waals surface area contributed by atoms with Gasteiger partial charge in [0.05, 0.1) is 18.8 Å². The topological polar surface area (TPSA) is 52.7 Å². The number of carbonyl (C=O) groups excluding carboxylic acids is 2. The van der Waals surface area contributed by atoms with Crippen LogP contribution in [0.3, 0.4) is 0 Å². The van der Waals surface area contributed by atoms with Crippen molar-refractivity contribution in [3.8, 4) is 0 Å². The van der Waals surface area contributed by atoms with Crippen LogP contribution < -0.4 is 5.32 Å². The molecule has 1 fully saturated rings. The van der Waals surface area contributed by atoms with Gasteiger partial charge in [-0.2, -0.15) is 0 Å². The summed E-state index contributed by atoms with van der Waals surface area (Å²) in [7, 11) is 1.81. The van der Waals surface area contributed by atoms with Crippen LogP contribution in [-0.2, 0) is 9.59 Å². The zero-order valence-corrected chi connectivity index (χ0v) is 15.6. The number of amides is 2. The van der Waals surface area contributed by atoms with Crippen molar-refractivity contribution in [2.75, 3.05) is 44.8 Å². The fourth-order valence-corrected chi connectivity index (χ4v) is 3.54. The van der Waals surface area contributed by atoms with Crippen molar-refractivity contribution >= 4 is 29.3 Å². The van der Waals surface area contributed by atoms with Gasteiger partial charge in [0.25, 0.3) is 0 Å². The van der Waals surface area contributed by atoms with Gasteiger partial charge in [-0.25, -0.2) is 0 Å². The van der Waals surface area contributed by atoms with E-state index in [1.54, 1.807) is 16.7 Å². The molecular formula is C18H27N3O2S. The Morgan fingerprint density at radius 2 is 2.08 bits per heavy atom. The number of anilines is 1. The van der Waals surface area contributed by atoms with Gasteiger partial charge in [-0.1, -0.05) is 19.1 Å². The number of hydrogen-bond donors (Lipinski definition) is 1. The van der Waals surface area contributed by atoms with Crippen molar-refractivity contribution < 1.29 is 9.59 Å². The molecule has 0 unspecified atom stereocenters. The van der Waals surface area contributed by atoms with Crippen molar-refractivity contribution in [3.05, 3.63) is 24.3 Å². The lowest BCUT2D eigenvalue weighted by Gasteiger charge is -2.32. The summed E-state index contributed by atoms with van der Waals surface area (Å²) >= 11 is 1.60. The predicted molar refractivity (Wildman–Crippen MR) is 99.3 cm³/mol. The minimum Gasteiger partial charge on any atom is -0.341 e. The van der Waals surface area contributed by atoms with E-state index < -0.39 is 0 Å². The molecule has 1 atom stereocenters. The lowest BCUT2D eigenvalue weighted by Crippen LogP contribution is -2.45. The Bertz CT molecular complexity index is 579. The first kappa shape index (κ1) is 18.8. The standard InChI is InChI=1S/C18H27N3O2S/c1-14-7-6-10-21(11-14)18(23)13-20(2)12-17(22)19-15-8-4-5-9-16(15)24-3/h4-5,8-9,14H,6-7,10-13H2,1-3H3,(H,19,22)/t14-/m0/s1. The minimum atomic E-state index is -0.0983. The van der Waals surface area contributed by atoms with Crippen LogP contribution in [0, 0.1) is 5.92 Å². The molecule has 1 aliphatic rings. The van der Waals surface area contributed by atoms with Crippen molar-refractivity contribution in [3.63, 3.8) is 0 Å². The number of thioether (sulfide) groups is 1. The van der Waals surface area contributed by atoms with Gasteiger partial charge in [0.15, 0.2) is 0 Å². The molecule has 1 aliphatic heterocycles. The lowest BCUT2D eigenvalue weighted by molar-refractivity contribution is -0.134. The van der Waals surface area contributed by atoms with Crippen LogP contribution in [0.25, 0.3) is 0 Å². The molecule has 0 spiro atoms. The molecule has 0 radical (unpaired) electrons. The van der Waals surface area contributed by atoms with E-state index in [1.165, 1.54) is 6.42 Å². The van der Waals surface area contributed by atoms with E-state index in [-0.39, 0.29) is 24.9 Å². The van der Waals surface area contributed by atoms with Gasteiger partial charge in [-0.3, -0.25) is 14.5 Å². The normalized spacial score (nSPS) is 17.8. The number of carbonyl (C=O) groups is 2. The zero-order valence-electron chi connectivity index (χ0n) is 14.7. The first-order valence-corrected chi connectivity index (χ1v) is 9.61. The van der Waals surface area contributed by atoms with Crippen LogP contribution in [-0.4, -0.2) is 61.1 Å². The van der Waals surface area contributed by atoms with Gasteiger partial charge in [0.2, 0.25) is 11.8 Å². The Hall–Kier alpha value is -1.53. The Balaban J connectivity index is 1.82. The summed E-state index contributed by atoms with van der Waals surface area (Å²) in [5.74, 6) is 0.583. The fraction of sp³-hybridized carbons (Fsp3) is 0.556. The number of piperidine rings is 1. The molecule has 1 saturated heterocycles. The highest BCUT2D eigenvalue weighted by Crippen LogP contribution is 2.24. The molecule has 24 heavy (non-hydrogen) atoms. The van der Waals surface area contributed by atoms with Crippen molar-refractivity contribution in [1.29, 1.82) is 0 Å². The molecule has 1 aromatic carbocycles. The van der Waals surface area contributed by atoms with Gasteiger partial charge in [-0.05, 0) is 44.2 Å². The Kier molecular flexibility index (Phi) is 7.12. The van der Waals surface area contributed by atoms with Crippen molar-refractivity contribution in [2.24, 2.45) is 5.92 Å². The Morgan fingerprint density at radius 3 is 2.79 bits per heavy atom. The van der Waals surface area contributed by atoms with Crippen LogP contribution in [0.5, 0.6) is 0 Å². The maximum absolute atomic E-state index is 12.3. The summed E-state index contributed by atoms with van der Waals surface area (Å²) in [6.07, 6.45) is 4.24. The third-order valence-electron chi connectivity index (χ3n) is 4.21. The summed E-state index contributed by atoms with van der Waals surface area (Å²) in [4.78, 5) is 29.3. The SMILES string of the molecule is CSc1ccccc1NC(=O)CN(C)CC(=O)N1CCC[C@H](C)C1. The second-order valence-corrected chi connectivity index (χ2v) is 7.36. The first-order chi connectivity index (χ1) is 11.5. The lowest BCUT2D eigenvalue weighted by atomic mass is 10.0. The second-order valence-electron chi connectivity index (χ2n) is 6.51. The number of para-hydroxylation sites is 1. The highest BCUT2D eigenvalue weighted by atomic mass is 32.2. The van der Waals surface area contributed by atoms with Crippen LogP contribution >= 0.6 is 11.8 Å². The van der Waals surface area contributed by atoms with E-state index in [0.717, 1.165) is 30.1 Å². The van der Waals surface area contributed by atoms with Gasteiger partial charge in [-0.15, -0.1) is 11.8 Å². The predicted octanol–water partition coefficient (Wildman–Crippen LogP) is 2.54. The number of benzene rings is 1. The first-order valence-electron chi connectivity index (χ1n) is 8.38. The Labute approximate surface area is 148 Å². The summed E-state index contributed by atoms with van der Waals surface area (Å²) < 4.78 is 0. The summed E-state index contributed by atoms with van der Waals surface area (Å²) in [5.41, 5.74) is 0.819. The number of likely N-dealkylation sites (N-methyl/N-ethyl adjacent to an activating group) is 1. The highest BCUT2D eigenvalue weighted by molar-refractivity contribution is 7.98. The number of nitrogens with zero attached hydrogens (tertiary/aromatic N) is 2. The molecule has 0 saturated carbocycles. The summed E-state index contributed by atoms with van der Waals surface area (Å²) in [6.45, 7) is 4.34. The minimum absolute atomic E-state index is 0.0983. The van der Waals surface area contributed by atoms with Crippen LogP contribution in [0.15, 0.2) is 29.2 Å².